The average molecular weight is 284 g/mol. The molecule has 1 aromatic rings. The van der Waals surface area contributed by atoms with Crippen LogP contribution in [0.25, 0.3) is 0 Å². The molecule has 1 atom stereocenters. The molecule has 1 amide bonds. The largest absolute Gasteiger partial charge is 0.396 e. The lowest BCUT2D eigenvalue weighted by atomic mass is 10.1. The molecular formula is C12H16N2O4S. The van der Waals surface area contributed by atoms with E-state index in [4.69, 9.17) is 10.2 Å². The number of aliphatic hydroxyl groups excluding tert-OH is 1. The summed E-state index contributed by atoms with van der Waals surface area (Å²) in [7, 11) is -3.70. The van der Waals surface area contributed by atoms with Crippen molar-refractivity contribution >= 4 is 21.6 Å². The lowest BCUT2D eigenvalue weighted by Crippen LogP contribution is -2.32. The quantitative estimate of drug-likeness (QED) is 0.786. The van der Waals surface area contributed by atoms with Crippen LogP contribution in [0.5, 0.6) is 0 Å². The molecule has 0 radical (unpaired) electrons. The van der Waals surface area contributed by atoms with Crippen LogP contribution in [0, 0.1) is 0 Å². The van der Waals surface area contributed by atoms with Crippen molar-refractivity contribution in [3.63, 3.8) is 0 Å². The van der Waals surface area contributed by atoms with Crippen molar-refractivity contribution in [3.05, 3.63) is 29.8 Å². The van der Waals surface area contributed by atoms with Gasteiger partial charge in [0.2, 0.25) is 15.9 Å². The second-order valence-electron chi connectivity index (χ2n) is 4.56. The molecule has 1 aromatic carbocycles. The molecule has 0 aliphatic carbocycles. The Bertz CT molecular complexity index is 585. The van der Waals surface area contributed by atoms with Crippen LogP contribution in [0.2, 0.25) is 0 Å². The highest BCUT2D eigenvalue weighted by Crippen LogP contribution is 2.25. The number of amides is 1. The van der Waals surface area contributed by atoms with Crippen LogP contribution in [0.3, 0.4) is 0 Å². The van der Waals surface area contributed by atoms with E-state index >= 15 is 0 Å². The minimum absolute atomic E-state index is 0.0250. The molecule has 1 saturated heterocycles. The number of nitrogens with two attached hydrogens (primary N) is 1. The van der Waals surface area contributed by atoms with Crippen LogP contribution in [0.15, 0.2) is 24.3 Å². The van der Waals surface area contributed by atoms with Crippen molar-refractivity contribution < 1.29 is 18.3 Å². The van der Waals surface area contributed by atoms with Gasteiger partial charge >= 0.3 is 0 Å². The summed E-state index contributed by atoms with van der Waals surface area (Å²) >= 11 is 0. The number of carbonyl (C=O) groups excluding carboxylic acids is 1. The molecule has 104 valence electrons. The van der Waals surface area contributed by atoms with E-state index in [1.54, 1.807) is 18.2 Å². The highest BCUT2D eigenvalue weighted by Gasteiger charge is 2.37. The molecule has 0 bridgehead atoms. The van der Waals surface area contributed by atoms with Crippen LogP contribution in [-0.2, 0) is 21.2 Å². The summed E-state index contributed by atoms with van der Waals surface area (Å²) in [4.78, 5) is 13.3. The van der Waals surface area contributed by atoms with E-state index in [0.29, 0.717) is 12.1 Å². The highest BCUT2D eigenvalue weighted by atomic mass is 32.2. The number of primary sulfonamides is 1. The van der Waals surface area contributed by atoms with Gasteiger partial charge in [-0.1, -0.05) is 12.1 Å². The summed E-state index contributed by atoms with van der Waals surface area (Å²) in [5.74, 6) is -0.250. The van der Waals surface area contributed by atoms with Gasteiger partial charge in [-0.05, 0) is 24.1 Å². The first-order valence-corrected chi connectivity index (χ1v) is 7.54. The van der Waals surface area contributed by atoms with Gasteiger partial charge in [0, 0.05) is 25.3 Å². The summed E-state index contributed by atoms with van der Waals surface area (Å²) in [6.45, 7) is 0.109. The van der Waals surface area contributed by atoms with Crippen molar-refractivity contribution in [2.75, 3.05) is 18.1 Å². The van der Waals surface area contributed by atoms with E-state index in [1.165, 1.54) is 4.90 Å². The van der Waals surface area contributed by atoms with Gasteiger partial charge in [0.05, 0.1) is 0 Å². The SMILES string of the molecule is NS(=O)(=O)C1CC(=O)N(c2cccc(CCO)c2)C1. The highest BCUT2D eigenvalue weighted by molar-refractivity contribution is 7.89. The Kier molecular flexibility index (Phi) is 3.88. The number of rotatable bonds is 4. The Labute approximate surface area is 111 Å². The summed E-state index contributed by atoms with van der Waals surface area (Å²) in [5.41, 5.74) is 1.54. The fourth-order valence-electron chi connectivity index (χ4n) is 2.15. The lowest BCUT2D eigenvalue weighted by molar-refractivity contribution is -0.117. The Morgan fingerprint density at radius 3 is 2.74 bits per heavy atom. The Morgan fingerprint density at radius 2 is 2.16 bits per heavy atom. The van der Waals surface area contributed by atoms with Crippen molar-refractivity contribution in [2.45, 2.75) is 18.1 Å². The Morgan fingerprint density at radius 1 is 1.42 bits per heavy atom. The van der Waals surface area contributed by atoms with Gasteiger partial charge in [-0.15, -0.1) is 0 Å². The number of sulfonamides is 1. The molecule has 0 saturated carbocycles. The molecule has 1 aliphatic heterocycles. The van der Waals surface area contributed by atoms with Gasteiger partial charge in [-0.25, -0.2) is 13.6 Å². The smallest absolute Gasteiger partial charge is 0.228 e. The molecule has 1 unspecified atom stereocenters. The van der Waals surface area contributed by atoms with Gasteiger partial charge in [-0.3, -0.25) is 4.79 Å². The van der Waals surface area contributed by atoms with E-state index in [1.807, 2.05) is 6.07 Å². The number of hydrogen-bond donors (Lipinski definition) is 2. The maximum absolute atomic E-state index is 11.9. The van der Waals surface area contributed by atoms with Gasteiger partial charge in [-0.2, -0.15) is 0 Å². The van der Waals surface area contributed by atoms with Crippen molar-refractivity contribution in [3.8, 4) is 0 Å². The van der Waals surface area contributed by atoms with Crippen molar-refractivity contribution in [1.82, 2.24) is 0 Å². The van der Waals surface area contributed by atoms with E-state index in [0.717, 1.165) is 5.56 Å². The molecule has 7 heteroatoms. The first-order chi connectivity index (χ1) is 8.91. The molecular weight excluding hydrogens is 268 g/mol. The van der Waals surface area contributed by atoms with Gasteiger partial charge in [0.15, 0.2) is 0 Å². The first-order valence-electron chi connectivity index (χ1n) is 5.93. The van der Waals surface area contributed by atoms with E-state index in [9.17, 15) is 13.2 Å². The third-order valence-corrected chi connectivity index (χ3v) is 4.42. The maximum atomic E-state index is 11.9. The van der Waals surface area contributed by atoms with Crippen LogP contribution >= 0.6 is 0 Å². The fourth-order valence-corrected chi connectivity index (χ4v) is 2.89. The molecule has 0 aromatic heterocycles. The fraction of sp³-hybridized carbons (Fsp3) is 0.417. The second kappa shape index (κ2) is 5.28. The number of aliphatic hydroxyl groups is 1. The predicted molar refractivity (Wildman–Crippen MR) is 71.1 cm³/mol. The minimum atomic E-state index is -3.70. The first kappa shape index (κ1) is 14.0. The normalized spacial score (nSPS) is 20.0. The average Bonchev–Trinajstić information content (AvgIpc) is 2.72. The minimum Gasteiger partial charge on any atom is -0.396 e. The zero-order chi connectivity index (χ0) is 14.0. The molecule has 1 fully saturated rings. The van der Waals surface area contributed by atoms with Crippen LogP contribution in [0.1, 0.15) is 12.0 Å². The van der Waals surface area contributed by atoms with Crippen LogP contribution < -0.4 is 10.0 Å². The number of carbonyl (C=O) groups is 1. The van der Waals surface area contributed by atoms with Gasteiger partial charge in [0.25, 0.3) is 0 Å². The summed E-state index contributed by atoms with van der Waals surface area (Å²) < 4.78 is 22.6. The van der Waals surface area contributed by atoms with E-state index in [2.05, 4.69) is 0 Å². The molecule has 1 heterocycles. The zero-order valence-electron chi connectivity index (χ0n) is 10.3. The Hall–Kier alpha value is -1.44. The monoisotopic (exact) mass is 284 g/mol. The molecule has 0 spiro atoms. The summed E-state index contributed by atoms with van der Waals surface area (Å²) in [5, 5.41) is 13.1. The maximum Gasteiger partial charge on any atom is 0.228 e. The molecule has 1 aliphatic rings. The zero-order valence-corrected chi connectivity index (χ0v) is 11.1. The summed E-state index contributed by atoms with van der Waals surface area (Å²) in [6.07, 6.45) is 0.414. The predicted octanol–water partition coefficient (Wildman–Crippen LogP) is -0.385. The number of anilines is 1. The third-order valence-electron chi connectivity index (χ3n) is 3.18. The van der Waals surface area contributed by atoms with Gasteiger partial charge in [0.1, 0.15) is 5.25 Å². The molecule has 3 N–H and O–H groups in total. The molecule has 19 heavy (non-hydrogen) atoms. The van der Waals surface area contributed by atoms with Crippen molar-refractivity contribution in [1.29, 1.82) is 0 Å². The van der Waals surface area contributed by atoms with Gasteiger partial charge < -0.3 is 10.0 Å². The van der Waals surface area contributed by atoms with Crippen LogP contribution in [0.4, 0.5) is 5.69 Å². The number of nitrogens with zero attached hydrogens (tertiary/aromatic N) is 1. The molecule has 2 rings (SSSR count). The number of benzene rings is 1. The van der Waals surface area contributed by atoms with E-state index < -0.39 is 15.3 Å². The van der Waals surface area contributed by atoms with Crippen LogP contribution in [-0.4, -0.2) is 37.8 Å². The third kappa shape index (κ3) is 3.12. The second-order valence-corrected chi connectivity index (χ2v) is 6.41. The van der Waals surface area contributed by atoms with E-state index in [-0.39, 0.29) is 25.5 Å². The summed E-state index contributed by atoms with van der Waals surface area (Å²) in [6, 6.07) is 7.14. The van der Waals surface area contributed by atoms with Crippen molar-refractivity contribution in [2.24, 2.45) is 5.14 Å². The number of hydrogen-bond acceptors (Lipinski definition) is 4. The molecule has 6 nitrogen and oxygen atoms in total. The lowest BCUT2D eigenvalue weighted by Gasteiger charge is -2.17. The standard InChI is InChI=1S/C12H16N2O4S/c13-19(17,18)11-7-12(16)14(8-11)10-3-1-2-9(6-10)4-5-15/h1-3,6,11,15H,4-5,7-8H2,(H2,13,17,18). The topological polar surface area (TPSA) is 101 Å². The Balaban J connectivity index is 2.23.